The average molecular weight is 426 g/mol. The van der Waals surface area contributed by atoms with Crippen molar-refractivity contribution in [2.24, 2.45) is 0 Å². The second-order valence-electron chi connectivity index (χ2n) is 6.67. The molecule has 3 aromatic carbocycles. The maximum absolute atomic E-state index is 12.8. The number of benzene rings is 3. The summed E-state index contributed by atoms with van der Waals surface area (Å²) in [6.45, 7) is 0. The summed E-state index contributed by atoms with van der Waals surface area (Å²) < 4.78 is 30.4. The maximum atomic E-state index is 12.8. The van der Waals surface area contributed by atoms with Crippen LogP contribution in [0.4, 0.5) is 11.4 Å². The molecule has 0 aromatic heterocycles. The van der Waals surface area contributed by atoms with Crippen molar-refractivity contribution in [3.8, 4) is 22.6 Å². The van der Waals surface area contributed by atoms with Crippen LogP contribution in [0.3, 0.4) is 0 Å². The summed E-state index contributed by atoms with van der Waals surface area (Å²) >= 11 is 0. The number of methoxy groups -OCH3 is 1. The molecule has 0 aliphatic rings. The molecule has 0 unspecified atom stereocenters. The van der Waals surface area contributed by atoms with Crippen LogP contribution in [0.5, 0.6) is 11.5 Å². The highest BCUT2D eigenvalue weighted by Gasteiger charge is 2.19. The molecule has 1 amide bonds. The lowest BCUT2D eigenvalue weighted by molar-refractivity contribution is 0.102. The number of carbonyl (C=O) groups is 1. The topological polar surface area (TPSA) is 95.9 Å². The van der Waals surface area contributed by atoms with Gasteiger partial charge >= 0.3 is 0 Å². The number of ether oxygens (including phenoxy) is 1. The van der Waals surface area contributed by atoms with E-state index in [-0.39, 0.29) is 11.4 Å². The number of phenols is 1. The maximum Gasteiger partial charge on any atom is 0.255 e. The van der Waals surface area contributed by atoms with Gasteiger partial charge in [-0.25, -0.2) is 8.42 Å². The van der Waals surface area contributed by atoms with E-state index in [0.717, 1.165) is 10.6 Å². The number of carbonyl (C=O) groups excluding carboxylic acids is 1. The lowest BCUT2D eigenvalue weighted by Gasteiger charge is -2.21. The fourth-order valence-corrected chi connectivity index (χ4v) is 3.45. The molecule has 30 heavy (non-hydrogen) atoms. The lowest BCUT2D eigenvalue weighted by atomic mass is 10.0. The van der Waals surface area contributed by atoms with Crippen LogP contribution in [0.25, 0.3) is 11.1 Å². The van der Waals surface area contributed by atoms with E-state index in [1.807, 2.05) is 0 Å². The second kappa shape index (κ2) is 8.46. The Kier molecular flexibility index (Phi) is 5.98. The molecule has 0 saturated heterocycles. The van der Waals surface area contributed by atoms with Crippen LogP contribution in [0.1, 0.15) is 10.4 Å². The highest BCUT2D eigenvalue weighted by atomic mass is 32.2. The molecule has 3 aromatic rings. The van der Waals surface area contributed by atoms with Crippen molar-refractivity contribution in [3.63, 3.8) is 0 Å². The number of para-hydroxylation sites is 1. The highest BCUT2D eigenvalue weighted by molar-refractivity contribution is 7.92. The molecule has 2 N–H and O–H groups in total. The number of sulfonamides is 1. The zero-order chi connectivity index (χ0) is 21.9. The Hall–Kier alpha value is -3.52. The van der Waals surface area contributed by atoms with E-state index in [0.29, 0.717) is 28.1 Å². The van der Waals surface area contributed by atoms with Crippen molar-refractivity contribution < 1.29 is 23.1 Å². The zero-order valence-corrected chi connectivity index (χ0v) is 17.6. The summed E-state index contributed by atoms with van der Waals surface area (Å²) in [7, 11) is -0.648. The number of rotatable bonds is 6. The van der Waals surface area contributed by atoms with Gasteiger partial charge in [0.25, 0.3) is 5.91 Å². The van der Waals surface area contributed by atoms with Gasteiger partial charge in [0.2, 0.25) is 10.0 Å². The van der Waals surface area contributed by atoms with Gasteiger partial charge < -0.3 is 15.2 Å². The Morgan fingerprint density at radius 2 is 1.77 bits per heavy atom. The second-order valence-corrected chi connectivity index (χ2v) is 8.68. The van der Waals surface area contributed by atoms with Gasteiger partial charge in [-0.1, -0.05) is 30.3 Å². The van der Waals surface area contributed by atoms with Crippen molar-refractivity contribution in [2.45, 2.75) is 0 Å². The van der Waals surface area contributed by atoms with E-state index in [2.05, 4.69) is 5.32 Å². The van der Waals surface area contributed by atoms with Crippen molar-refractivity contribution in [1.82, 2.24) is 0 Å². The van der Waals surface area contributed by atoms with Gasteiger partial charge in [-0.05, 0) is 42.0 Å². The molecule has 0 radical (unpaired) electrons. The summed E-state index contributed by atoms with van der Waals surface area (Å²) in [6.07, 6.45) is 1.08. The first-order valence-corrected chi connectivity index (χ1v) is 10.9. The molecule has 0 spiro atoms. The summed E-state index contributed by atoms with van der Waals surface area (Å²) in [5.74, 6) is 0.178. The molecular formula is C22H22N2O5S. The van der Waals surface area contributed by atoms with E-state index in [4.69, 9.17) is 4.74 Å². The third-order valence-electron chi connectivity index (χ3n) is 4.63. The molecule has 0 aliphatic carbocycles. The van der Waals surface area contributed by atoms with Crippen molar-refractivity contribution in [1.29, 1.82) is 0 Å². The molecule has 0 fully saturated rings. The number of phenolic OH excluding ortho intramolecular Hbond substituents is 1. The van der Waals surface area contributed by atoms with Crippen LogP contribution < -0.4 is 14.4 Å². The van der Waals surface area contributed by atoms with E-state index < -0.39 is 15.9 Å². The monoisotopic (exact) mass is 426 g/mol. The lowest BCUT2D eigenvalue weighted by Crippen LogP contribution is -2.26. The van der Waals surface area contributed by atoms with E-state index in [9.17, 15) is 18.3 Å². The third-order valence-corrected chi connectivity index (χ3v) is 5.82. The van der Waals surface area contributed by atoms with Gasteiger partial charge in [0.15, 0.2) is 0 Å². The van der Waals surface area contributed by atoms with Crippen LogP contribution in [-0.2, 0) is 10.0 Å². The quantitative estimate of drug-likeness (QED) is 0.626. The van der Waals surface area contributed by atoms with Gasteiger partial charge in [0.1, 0.15) is 11.5 Å². The molecule has 7 nitrogen and oxygen atoms in total. The Bertz CT molecular complexity index is 1190. The predicted molar refractivity (Wildman–Crippen MR) is 118 cm³/mol. The highest BCUT2D eigenvalue weighted by Crippen LogP contribution is 2.35. The molecule has 0 saturated carbocycles. The number of anilines is 2. The van der Waals surface area contributed by atoms with Gasteiger partial charge in [-0.3, -0.25) is 9.10 Å². The summed E-state index contributed by atoms with van der Waals surface area (Å²) in [4.78, 5) is 12.8. The number of nitrogens with one attached hydrogen (secondary N) is 1. The Morgan fingerprint density at radius 3 is 2.43 bits per heavy atom. The van der Waals surface area contributed by atoms with Crippen molar-refractivity contribution in [2.75, 3.05) is 30.0 Å². The standard InChI is InChI=1S/C22H22N2O5S/c1-24(30(3,27)28)20-12-11-15(18-9-4-5-10-21(18)25)14-19(20)23-22(26)16-7-6-8-17(13-16)29-2/h4-14,25H,1-3H3,(H,23,26). The van der Waals surface area contributed by atoms with Gasteiger partial charge in [-0.15, -0.1) is 0 Å². The number of aromatic hydroxyl groups is 1. The molecule has 8 heteroatoms. The number of hydrogen-bond donors (Lipinski definition) is 2. The molecule has 0 atom stereocenters. The Labute approximate surface area is 175 Å². The largest absolute Gasteiger partial charge is 0.507 e. The third kappa shape index (κ3) is 4.55. The van der Waals surface area contributed by atoms with Gasteiger partial charge in [-0.2, -0.15) is 0 Å². The summed E-state index contributed by atoms with van der Waals surface area (Å²) in [5, 5.41) is 13.0. The van der Waals surface area contributed by atoms with Crippen LogP contribution >= 0.6 is 0 Å². The predicted octanol–water partition coefficient (Wildman–Crippen LogP) is 3.72. The minimum absolute atomic E-state index is 0.0757. The van der Waals surface area contributed by atoms with Crippen molar-refractivity contribution in [3.05, 3.63) is 72.3 Å². The normalized spacial score (nSPS) is 11.0. The average Bonchev–Trinajstić information content (AvgIpc) is 2.73. The number of nitrogens with zero attached hydrogens (tertiary/aromatic N) is 1. The SMILES string of the molecule is COc1cccc(C(=O)Nc2cc(-c3ccccc3O)ccc2N(C)S(C)(=O)=O)c1. The van der Waals surface area contributed by atoms with Crippen LogP contribution in [0.15, 0.2) is 66.7 Å². The first kappa shape index (κ1) is 21.2. The first-order chi connectivity index (χ1) is 14.2. The first-order valence-electron chi connectivity index (χ1n) is 9.02. The van der Waals surface area contributed by atoms with Gasteiger partial charge in [0.05, 0.1) is 24.7 Å². The zero-order valence-electron chi connectivity index (χ0n) is 16.8. The minimum atomic E-state index is -3.56. The smallest absolute Gasteiger partial charge is 0.255 e. The number of amides is 1. The number of hydrogen-bond acceptors (Lipinski definition) is 5. The van der Waals surface area contributed by atoms with E-state index in [1.165, 1.54) is 14.2 Å². The molecule has 156 valence electrons. The van der Waals surface area contributed by atoms with Crippen LogP contribution in [0.2, 0.25) is 0 Å². The fraction of sp³-hybridized carbons (Fsp3) is 0.136. The van der Waals surface area contributed by atoms with Gasteiger partial charge in [0, 0.05) is 18.2 Å². The van der Waals surface area contributed by atoms with Crippen LogP contribution in [0, 0.1) is 0 Å². The molecular weight excluding hydrogens is 404 g/mol. The summed E-state index contributed by atoms with van der Waals surface area (Å²) in [5.41, 5.74) is 2.13. The molecule has 0 heterocycles. The summed E-state index contributed by atoms with van der Waals surface area (Å²) in [6, 6.07) is 18.3. The fourth-order valence-electron chi connectivity index (χ4n) is 2.93. The van der Waals surface area contributed by atoms with Crippen LogP contribution in [-0.4, -0.2) is 39.8 Å². The Morgan fingerprint density at radius 1 is 1.03 bits per heavy atom. The molecule has 3 rings (SSSR count). The minimum Gasteiger partial charge on any atom is -0.507 e. The van der Waals surface area contributed by atoms with E-state index in [1.54, 1.807) is 66.7 Å². The Balaban J connectivity index is 2.07. The van der Waals surface area contributed by atoms with E-state index >= 15 is 0 Å². The molecule has 0 bridgehead atoms. The van der Waals surface area contributed by atoms with Crippen molar-refractivity contribution >= 4 is 27.3 Å². The molecule has 0 aliphatic heterocycles.